The van der Waals surface area contributed by atoms with Gasteiger partial charge in [-0.1, -0.05) is 20.8 Å². The quantitative estimate of drug-likeness (QED) is 0.709. The fraction of sp³-hybridized carbons (Fsp3) is 0.571. The lowest BCUT2D eigenvalue weighted by atomic mass is 9.76. The molecule has 5 heterocycles. The van der Waals surface area contributed by atoms with Gasteiger partial charge >= 0.3 is 0 Å². The Bertz CT molecular complexity index is 957. The van der Waals surface area contributed by atoms with Gasteiger partial charge in [0.25, 0.3) is 0 Å². The van der Waals surface area contributed by atoms with Gasteiger partial charge in [0.2, 0.25) is 0 Å². The number of aryl methyl sites for hydroxylation is 1. The lowest BCUT2D eigenvalue weighted by Crippen LogP contribution is -2.59. The summed E-state index contributed by atoms with van der Waals surface area (Å²) in [7, 11) is 0. The van der Waals surface area contributed by atoms with E-state index >= 15 is 0 Å². The zero-order chi connectivity index (χ0) is 19.3. The Balaban J connectivity index is 1.33. The van der Waals surface area contributed by atoms with Crippen molar-refractivity contribution in [2.45, 2.75) is 39.7 Å². The van der Waals surface area contributed by atoms with Gasteiger partial charge < -0.3 is 4.90 Å². The summed E-state index contributed by atoms with van der Waals surface area (Å²) in [6, 6.07) is 2.74. The zero-order valence-corrected chi connectivity index (χ0v) is 17.7. The molecule has 6 nitrogen and oxygen atoms in total. The molecule has 0 aliphatic carbocycles. The van der Waals surface area contributed by atoms with Gasteiger partial charge in [-0.15, -0.1) is 11.3 Å². The fourth-order valence-corrected chi connectivity index (χ4v) is 6.07. The predicted octanol–water partition coefficient (Wildman–Crippen LogP) is 3.89. The van der Waals surface area contributed by atoms with Crippen molar-refractivity contribution < 1.29 is 0 Å². The molecule has 0 amide bonds. The first-order valence-electron chi connectivity index (χ1n) is 10.3. The molecule has 3 aromatic heterocycles. The Hall–Kier alpha value is -1.99. The van der Waals surface area contributed by atoms with Crippen molar-refractivity contribution in [1.82, 2.24) is 25.1 Å². The number of hydrogen-bond acceptors (Lipinski definition) is 6. The van der Waals surface area contributed by atoms with Crippen LogP contribution in [0.1, 0.15) is 43.7 Å². The topological polar surface area (TPSA) is 60.9 Å². The van der Waals surface area contributed by atoms with Gasteiger partial charge in [0.1, 0.15) is 17.0 Å². The Kier molecular flexibility index (Phi) is 4.39. The molecular formula is C21H28N6S. The van der Waals surface area contributed by atoms with E-state index in [0.717, 1.165) is 43.2 Å². The third kappa shape index (κ3) is 2.92. The van der Waals surface area contributed by atoms with Gasteiger partial charge in [-0.2, -0.15) is 5.10 Å². The van der Waals surface area contributed by atoms with E-state index in [-0.39, 0.29) is 0 Å². The third-order valence-electron chi connectivity index (χ3n) is 6.41. The number of aromatic amines is 1. The van der Waals surface area contributed by atoms with Crippen molar-refractivity contribution in [3.63, 3.8) is 0 Å². The number of H-pyrrole nitrogens is 1. The summed E-state index contributed by atoms with van der Waals surface area (Å²) in [4.78, 5) is 16.8. The summed E-state index contributed by atoms with van der Waals surface area (Å²) in [5.74, 6) is 1.71. The van der Waals surface area contributed by atoms with Crippen LogP contribution in [0.15, 0.2) is 24.8 Å². The molecule has 2 aliphatic heterocycles. The largest absolute Gasteiger partial charge is 0.355 e. The molecule has 2 saturated heterocycles. The van der Waals surface area contributed by atoms with E-state index < -0.39 is 0 Å². The first kappa shape index (κ1) is 18.1. The van der Waals surface area contributed by atoms with Crippen molar-refractivity contribution in [2.24, 2.45) is 11.3 Å². The van der Waals surface area contributed by atoms with Crippen LogP contribution < -0.4 is 4.90 Å². The SMILES string of the molecule is CCc1cc2c(N3CCC4(C3)CN(C(c3cn[nH]c3)C(C)C)C4)ncnc2s1. The number of hydrogen-bond donors (Lipinski definition) is 1. The molecule has 7 heteroatoms. The van der Waals surface area contributed by atoms with Crippen LogP contribution in [0.25, 0.3) is 10.2 Å². The molecule has 1 atom stereocenters. The Morgan fingerprint density at radius 3 is 2.82 bits per heavy atom. The predicted molar refractivity (Wildman–Crippen MR) is 114 cm³/mol. The monoisotopic (exact) mass is 396 g/mol. The summed E-state index contributed by atoms with van der Waals surface area (Å²) in [6.07, 6.45) is 8.07. The van der Waals surface area contributed by atoms with Crippen molar-refractivity contribution in [1.29, 1.82) is 0 Å². The summed E-state index contributed by atoms with van der Waals surface area (Å²) in [5.41, 5.74) is 1.71. The van der Waals surface area contributed by atoms with Gasteiger partial charge in [-0.25, -0.2) is 9.97 Å². The minimum absolute atomic E-state index is 0.401. The van der Waals surface area contributed by atoms with Crippen LogP contribution in [0, 0.1) is 11.3 Å². The molecule has 0 saturated carbocycles. The molecule has 0 radical (unpaired) electrons. The second kappa shape index (κ2) is 6.81. The molecule has 1 unspecified atom stereocenters. The molecule has 1 spiro atoms. The molecule has 2 fully saturated rings. The maximum absolute atomic E-state index is 4.68. The highest BCUT2D eigenvalue weighted by Crippen LogP contribution is 2.46. The maximum atomic E-state index is 4.68. The number of likely N-dealkylation sites (tertiary alicyclic amines) is 1. The van der Waals surface area contributed by atoms with Crippen molar-refractivity contribution in [3.8, 4) is 0 Å². The van der Waals surface area contributed by atoms with Crippen LogP contribution in [-0.4, -0.2) is 51.2 Å². The number of rotatable bonds is 5. The van der Waals surface area contributed by atoms with Crippen molar-refractivity contribution >= 4 is 27.4 Å². The molecule has 1 N–H and O–H groups in total. The van der Waals surface area contributed by atoms with E-state index in [0.29, 0.717) is 17.4 Å². The number of nitrogens with zero attached hydrogens (tertiary/aromatic N) is 5. The van der Waals surface area contributed by atoms with Gasteiger partial charge in [-0.05, 0) is 24.8 Å². The normalized spacial score (nSPS) is 20.4. The standard InChI is InChI=1S/C21H28N6S/c1-4-16-7-17-19(22-13-23-20(17)28-16)26-6-5-21(10-26)11-27(12-21)18(14(2)3)15-8-24-25-9-15/h7-9,13-14,18H,4-6,10-12H2,1-3H3,(H,24,25). The fourth-order valence-electron chi connectivity index (χ4n) is 5.15. The minimum atomic E-state index is 0.401. The molecular weight excluding hydrogens is 368 g/mol. The summed E-state index contributed by atoms with van der Waals surface area (Å²) in [5, 5.41) is 8.39. The lowest BCUT2D eigenvalue weighted by molar-refractivity contribution is -0.0321. The van der Waals surface area contributed by atoms with E-state index in [1.165, 1.54) is 22.2 Å². The van der Waals surface area contributed by atoms with Gasteiger partial charge in [0.05, 0.1) is 11.6 Å². The molecule has 2 aliphatic rings. The molecule has 0 bridgehead atoms. The van der Waals surface area contributed by atoms with Crippen LogP contribution in [-0.2, 0) is 6.42 Å². The number of thiophene rings is 1. The van der Waals surface area contributed by atoms with Crippen LogP contribution in [0.2, 0.25) is 0 Å². The molecule has 148 valence electrons. The van der Waals surface area contributed by atoms with Crippen LogP contribution >= 0.6 is 11.3 Å². The van der Waals surface area contributed by atoms with Gasteiger partial charge in [0.15, 0.2) is 0 Å². The smallest absolute Gasteiger partial charge is 0.140 e. The first-order chi connectivity index (χ1) is 13.6. The maximum Gasteiger partial charge on any atom is 0.140 e. The first-order valence-corrected chi connectivity index (χ1v) is 11.1. The second-order valence-electron chi connectivity index (χ2n) is 8.78. The summed E-state index contributed by atoms with van der Waals surface area (Å²) >= 11 is 1.80. The minimum Gasteiger partial charge on any atom is -0.355 e. The Labute approximate surface area is 170 Å². The van der Waals surface area contributed by atoms with E-state index in [2.05, 4.69) is 63.0 Å². The number of aromatic nitrogens is 4. The lowest BCUT2D eigenvalue weighted by Gasteiger charge is -2.52. The van der Waals surface area contributed by atoms with E-state index in [1.54, 1.807) is 17.7 Å². The average Bonchev–Trinajstić information content (AvgIpc) is 3.39. The highest BCUT2D eigenvalue weighted by atomic mass is 32.1. The van der Waals surface area contributed by atoms with Crippen LogP contribution in [0.3, 0.4) is 0 Å². The van der Waals surface area contributed by atoms with Crippen LogP contribution in [0.4, 0.5) is 5.82 Å². The van der Waals surface area contributed by atoms with E-state index in [4.69, 9.17) is 0 Å². The molecule has 28 heavy (non-hydrogen) atoms. The Morgan fingerprint density at radius 2 is 2.11 bits per heavy atom. The summed E-state index contributed by atoms with van der Waals surface area (Å²) < 4.78 is 0. The van der Waals surface area contributed by atoms with Crippen molar-refractivity contribution in [3.05, 3.63) is 35.2 Å². The highest BCUT2D eigenvalue weighted by molar-refractivity contribution is 7.18. The number of fused-ring (bicyclic) bond motifs is 1. The average molecular weight is 397 g/mol. The van der Waals surface area contributed by atoms with Gasteiger partial charge in [0, 0.05) is 54.3 Å². The molecule has 5 rings (SSSR count). The van der Waals surface area contributed by atoms with Crippen LogP contribution in [0.5, 0.6) is 0 Å². The highest BCUT2D eigenvalue weighted by Gasteiger charge is 2.50. The van der Waals surface area contributed by atoms with E-state index in [1.807, 2.05) is 6.20 Å². The number of anilines is 1. The molecule has 3 aromatic rings. The summed E-state index contributed by atoms with van der Waals surface area (Å²) in [6.45, 7) is 11.3. The second-order valence-corrected chi connectivity index (χ2v) is 9.89. The molecule has 0 aromatic carbocycles. The third-order valence-corrected chi connectivity index (χ3v) is 7.60. The zero-order valence-electron chi connectivity index (χ0n) is 16.9. The number of nitrogens with one attached hydrogen (secondary N) is 1. The van der Waals surface area contributed by atoms with Gasteiger partial charge in [-0.3, -0.25) is 10.00 Å². The Morgan fingerprint density at radius 1 is 1.25 bits per heavy atom. The van der Waals surface area contributed by atoms with E-state index in [9.17, 15) is 0 Å². The van der Waals surface area contributed by atoms with Crippen molar-refractivity contribution in [2.75, 3.05) is 31.1 Å².